The van der Waals surface area contributed by atoms with Gasteiger partial charge in [-0.1, -0.05) is 127 Å². The normalized spacial score (nSPS) is 12.2. The van der Waals surface area contributed by atoms with Crippen LogP contribution in [0.3, 0.4) is 0 Å². The van der Waals surface area contributed by atoms with E-state index in [9.17, 15) is 0 Å². The highest BCUT2D eigenvalue weighted by molar-refractivity contribution is 7.18. The van der Waals surface area contributed by atoms with Crippen LogP contribution in [0, 0.1) is 0 Å². The zero-order chi connectivity index (χ0) is 34.6. The summed E-state index contributed by atoms with van der Waals surface area (Å²) >= 11 is 1.76. The van der Waals surface area contributed by atoms with Gasteiger partial charge in [0.15, 0.2) is 5.58 Å². The van der Waals surface area contributed by atoms with Crippen LogP contribution in [0.25, 0.3) is 120 Å². The second-order valence-corrected chi connectivity index (χ2v) is 14.8. The molecular weight excluding hydrogens is 665 g/mol. The summed E-state index contributed by atoms with van der Waals surface area (Å²) in [4.78, 5) is 0. The van der Waals surface area contributed by atoms with E-state index < -0.39 is 0 Å². The summed E-state index contributed by atoms with van der Waals surface area (Å²) in [6.45, 7) is 0. The largest absolute Gasteiger partial charge is 0.456 e. The van der Waals surface area contributed by atoms with Crippen molar-refractivity contribution in [2.24, 2.45) is 0 Å². The van der Waals surface area contributed by atoms with Crippen LogP contribution in [0.1, 0.15) is 0 Å². The Morgan fingerprint density at radius 2 is 0.962 bits per heavy atom. The summed E-state index contributed by atoms with van der Waals surface area (Å²) in [5.74, 6) is 0. The van der Waals surface area contributed by atoms with Gasteiger partial charge < -0.3 is 8.83 Å². The molecule has 0 aliphatic carbocycles. The van der Waals surface area contributed by atoms with E-state index in [4.69, 9.17) is 8.83 Å². The van der Waals surface area contributed by atoms with Crippen molar-refractivity contribution in [2.45, 2.75) is 0 Å². The topological polar surface area (TPSA) is 26.3 Å². The van der Waals surface area contributed by atoms with Gasteiger partial charge in [-0.2, -0.15) is 0 Å². The summed E-state index contributed by atoms with van der Waals surface area (Å²) in [6, 6.07) is 59.1. The van der Waals surface area contributed by atoms with Gasteiger partial charge >= 0.3 is 0 Å². The molecule has 12 aromatic rings. The molecule has 3 heterocycles. The number of fused-ring (bicyclic) bond motifs is 12. The molecule has 0 radical (unpaired) electrons. The van der Waals surface area contributed by atoms with E-state index in [-0.39, 0.29) is 0 Å². The summed E-state index contributed by atoms with van der Waals surface area (Å²) < 4.78 is 14.3. The van der Waals surface area contributed by atoms with Gasteiger partial charge in [-0.3, -0.25) is 0 Å². The molecule has 0 saturated carbocycles. The van der Waals surface area contributed by atoms with Gasteiger partial charge in [0.05, 0.1) is 4.70 Å². The molecule has 53 heavy (non-hydrogen) atoms. The molecule has 0 aliphatic heterocycles. The second-order valence-electron chi connectivity index (χ2n) is 14.0. The van der Waals surface area contributed by atoms with Gasteiger partial charge in [0.1, 0.15) is 16.7 Å². The van der Waals surface area contributed by atoms with Crippen LogP contribution in [0.15, 0.2) is 178 Å². The lowest BCUT2D eigenvalue weighted by atomic mass is 9.85. The van der Waals surface area contributed by atoms with Gasteiger partial charge in [-0.25, -0.2) is 0 Å². The number of thiophene rings is 1. The number of hydrogen-bond acceptors (Lipinski definition) is 3. The second kappa shape index (κ2) is 10.9. The molecule has 0 atom stereocenters. The van der Waals surface area contributed by atoms with Crippen molar-refractivity contribution < 1.29 is 8.83 Å². The Bertz CT molecular complexity index is 3390. The van der Waals surface area contributed by atoms with Crippen molar-refractivity contribution in [1.82, 2.24) is 0 Å². The highest BCUT2D eigenvalue weighted by Gasteiger charge is 2.20. The van der Waals surface area contributed by atoms with Gasteiger partial charge in [-0.15, -0.1) is 11.3 Å². The van der Waals surface area contributed by atoms with Crippen molar-refractivity contribution in [3.8, 4) is 33.4 Å². The molecule has 0 amide bonds. The Morgan fingerprint density at radius 3 is 1.72 bits per heavy atom. The van der Waals surface area contributed by atoms with Gasteiger partial charge in [-0.05, 0) is 102 Å². The summed E-state index contributed by atoms with van der Waals surface area (Å²) in [6.07, 6.45) is 0. The zero-order valence-corrected chi connectivity index (χ0v) is 29.2. The van der Waals surface area contributed by atoms with Crippen LogP contribution in [-0.4, -0.2) is 0 Å². The molecule has 0 spiro atoms. The van der Waals surface area contributed by atoms with Crippen molar-refractivity contribution >= 4 is 97.6 Å². The van der Waals surface area contributed by atoms with Crippen molar-refractivity contribution in [2.75, 3.05) is 0 Å². The third-order valence-electron chi connectivity index (χ3n) is 11.1. The fourth-order valence-electron chi connectivity index (χ4n) is 8.77. The van der Waals surface area contributed by atoms with E-state index in [1.165, 1.54) is 75.6 Å². The van der Waals surface area contributed by atoms with Gasteiger partial charge in [0, 0.05) is 32.5 Å². The van der Waals surface area contributed by atoms with Crippen LogP contribution in [0.2, 0.25) is 0 Å². The Kier molecular flexibility index (Phi) is 5.96. The molecule has 0 fully saturated rings. The lowest BCUT2D eigenvalue weighted by Crippen LogP contribution is -1.91. The number of benzene rings is 9. The van der Waals surface area contributed by atoms with Crippen LogP contribution in [-0.2, 0) is 0 Å². The number of rotatable bonds is 3. The molecule has 2 nitrogen and oxygen atoms in total. The van der Waals surface area contributed by atoms with Crippen LogP contribution in [0.5, 0.6) is 0 Å². The van der Waals surface area contributed by atoms with E-state index in [1.54, 1.807) is 11.3 Å². The first-order valence-corrected chi connectivity index (χ1v) is 18.9. The maximum absolute atomic E-state index is 6.80. The van der Waals surface area contributed by atoms with E-state index in [0.29, 0.717) is 0 Å². The number of para-hydroxylation sites is 1. The first-order chi connectivity index (χ1) is 26.3. The van der Waals surface area contributed by atoms with E-state index >= 15 is 0 Å². The molecule has 0 unspecified atom stereocenters. The standard InChI is InChI=1S/C50H28O2S/c1-2-10-29(11-3-1)42-28-53-50-39(42)24-23-38-33-22-20-32(27-45(33)52-49(38)50)47-36-14-6-4-12-34(36)46(35-13-5-7-15-37(35)47)31-19-18-30-21-25-44-48(41(30)26-31)40-16-8-9-17-43(40)51-44/h1-28H. The molecule has 0 N–H and O–H groups in total. The van der Waals surface area contributed by atoms with E-state index in [1.807, 2.05) is 6.07 Å². The highest BCUT2D eigenvalue weighted by Crippen LogP contribution is 2.47. The predicted molar refractivity (Wildman–Crippen MR) is 225 cm³/mol. The predicted octanol–water partition coefficient (Wildman–Crippen LogP) is 15.2. The molecule has 9 aromatic carbocycles. The van der Waals surface area contributed by atoms with Crippen LogP contribution >= 0.6 is 11.3 Å². The third kappa shape index (κ3) is 4.14. The quantitative estimate of drug-likeness (QED) is 0.172. The SMILES string of the molecule is c1ccc(-c2csc3c2ccc2c4ccc(-c5c6ccccc6c(-c6ccc7ccc8oc9ccccc9c8c7c6)c6ccccc56)cc4oc23)cc1. The highest BCUT2D eigenvalue weighted by atomic mass is 32.1. The van der Waals surface area contributed by atoms with E-state index in [2.05, 4.69) is 163 Å². The Morgan fingerprint density at radius 1 is 0.358 bits per heavy atom. The lowest BCUT2D eigenvalue weighted by Gasteiger charge is -2.18. The summed E-state index contributed by atoms with van der Waals surface area (Å²) in [5.41, 5.74) is 11.0. The molecule has 0 bridgehead atoms. The van der Waals surface area contributed by atoms with E-state index in [0.717, 1.165) is 44.1 Å². The van der Waals surface area contributed by atoms with Crippen molar-refractivity contribution in [3.05, 3.63) is 169 Å². The lowest BCUT2D eigenvalue weighted by molar-refractivity contribution is 0.669. The van der Waals surface area contributed by atoms with Crippen LogP contribution in [0.4, 0.5) is 0 Å². The number of hydrogen-bond donors (Lipinski definition) is 0. The van der Waals surface area contributed by atoms with Crippen molar-refractivity contribution in [1.29, 1.82) is 0 Å². The fraction of sp³-hybridized carbons (Fsp3) is 0. The van der Waals surface area contributed by atoms with Crippen LogP contribution < -0.4 is 0 Å². The summed E-state index contributed by atoms with van der Waals surface area (Å²) in [5, 5.41) is 15.4. The summed E-state index contributed by atoms with van der Waals surface area (Å²) in [7, 11) is 0. The molecule has 0 aliphatic rings. The average Bonchev–Trinajstić information content (AvgIpc) is 3.93. The monoisotopic (exact) mass is 692 g/mol. The minimum absolute atomic E-state index is 0.905. The molecule has 3 aromatic heterocycles. The Hall–Kier alpha value is -6.68. The zero-order valence-electron chi connectivity index (χ0n) is 28.4. The third-order valence-corrected chi connectivity index (χ3v) is 12.1. The minimum Gasteiger partial charge on any atom is -0.456 e. The molecule has 0 saturated heterocycles. The molecular formula is C50H28O2S. The smallest absolute Gasteiger partial charge is 0.153 e. The number of furan rings is 2. The Labute approximate surface area is 307 Å². The maximum Gasteiger partial charge on any atom is 0.153 e. The van der Waals surface area contributed by atoms with Crippen molar-refractivity contribution in [3.63, 3.8) is 0 Å². The average molecular weight is 693 g/mol. The molecule has 3 heteroatoms. The van der Waals surface area contributed by atoms with Gasteiger partial charge in [0.25, 0.3) is 0 Å². The fourth-order valence-corrected chi connectivity index (χ4v) is 9.83. The maximum atomic E-state index is 6.80. The molecule has 246 valence electrons. The van der Waals surface area contributed by atoms with Gasteiger partial charge in [0.2, 0.25) is 0 Å². The Balaban J connectivity index is 1.09. The first-order valence-electron chi connectivity index (χ1n) is 18.0. The molecule has 12 rings (SSSR count). The minimum atomic E-state index is 0.905. The first kappa shape index (κ1) is 29.0.